The van der Waals surface area contributed by atoms with Gasteiger partial charge in [0.15, 0.2) is 0 Å². The van der Waals surface area contributed by atoms with E-state index in [-0.39, 0.29) is 0 Å². The van der Waals surface area contributed by atoms with Crippen LogP contribution in [0.25, 0.3) is 0 Å². The molecule has 112 valence electrons. The van der Waals surface area contributed by atoms with Gasteiger partial charge in [-0.05, 0) is 18.9 Å². The summed E-state index contributed by atoms with van der Waals surface area (Å²) in [4.78, 5) is 8.40. The summed E-state index contributed by atoms with van der Waals surface area (Å²) in [7, 11) is 0. The van der Waals surface area contributed by atoms with Gasteiger partial charge in [-0.2, -0.15) is 0 Å². The van der Waals surface area contributed by atoms with Crippen molar-refractivity contribution in [1.82, 2.24) is 15.2 Å². The Morgan fingerprint density at radius 3 is 2.81 bits per heavy atom. The van der Waals surface area contributed by atoms with Crippen molar-refractivity contribution >= 4 is 11.3 Å². The summed E-state index contributed by atoms with van der Waals surface area (Å²) in [6.07, 6.45) is 1.18. The standard InChI is InChI=1S/C17H23N3S/c1-3-15-10-20(11-17-13(2)19-12-21-17)16(9-18-15)14-7-5-4-6-8-14/h4-8,12,15-16,18H,3,9-11H2,1-2H3. The van der Waals surface area contributed by atoms with Gasteiger partial charge in [0.25, 0.3) is 0 Å². The number of aryl methyl sites for hydroxylation is 1. The van der Waals surface area contributed by atoms with E-state index in [1.807, 2.05) is 5.51 Å². The van der Waals surface area contributed by atoms with E-state index in [0.29, 0.717) is 12.1 Å². The van der Waals surface area contributed by atoms with E-state index in [9.17, 15) is 0 Å². The number of nitrogens with one attached hydrogen (secondary N) is 1. The highest BCUT2D eigenvalue weighted by Gasteiger charge is 2.28. The average Bonchev–Trinajstić information content (AvgIpc) is 2.93. The van der Waals surface area contributed by atoms with Crippen LogP contribution in [0.15, 0.2) is 35.8 Å². The van der Waals surface area contributed by atoms with Gasteiger partial charge in [-0.25, -0.2) is 4.98 Å². The van der Waals surface area contributed by atoms with E-state index >= 15 is 0 Å². The predicted octanol–water partition coefficient (Wildman–Crippen LogP) is 3.38. The molecule has 0 aliphatic carbocycles. The van der Waals surface area contributed by atoms with Crippen molar-refractivity contribution in [3.05, 3.63) is 52.0 Å². The molecule has 2 atom stereocenters. The topological polar surface area (TPSA) is 28.2 Å². The predicted molar refractivity (Wildman–Crippen MR) is 88.5 cm³/mol. The molecular formula is C17H23N3S. The second kappa shape index (κ2) is 6.69. The minimum Gasteiger partial charge on any atom is -0.311 e. The molecule has 3 nitrogen and oxygen atoms in total. The van der Waals surface area contributed by atoms with Gasteiger partial charge in [0.2, 0.25) is 0 Å². The molecule has 21 heavy (non-hydrogen) atoms. The number of piperazine rings is 1. The van der Waals surface area contributed by atoms with Crippen LogP contribution < -0.4 is 5.32 Å². The first-order valence-corrected chi connectivity index (χ1v) is 8.57. The van der Waals surface area contributed by atoms with Gasteiger partial charge in [0.05, 0.1) is 11.2 Å². The van der Waals surface area contributed by atoms with Crippen LogP contribution in [-0.4, -0.2) is 29.0 Å². The normalized spacial score (nSPS) is 23.3. The molecule has 1 saturated heterocycles. The summed E-state index contributed by atoms with van der Waals surface area (Å²) in [6, 6.07) is 11.9. The summed E-state index contributed by atoms with van der Waals surface area (Å²) >= 11 is 1.78. The number of thiazole rings is 1. The van der Waals surface area contributed by atoms with Crippen molar-refractivity contribution in [3.8, 4) is 0 Å². The Morgan fingerprint density at radius 2 is 2.14 bits per heavy atom. The maximum Gasteiger partial charge on any atom is 0.0798 e. The zero-order valence-electron chi connectivity index (χ0n) is 12.7. The molecule has 1 aliphatic rings. The minimum atomic E-state index is 0.454. The first-order valence-electron chi connectivity index (χ1n) is 7.69. The van der Waals surface area contributed by atoms with Crippen molar-refractivity contribution in [3.63, 3.8) is 0 Å². The van der Waals surface area contributed by atoms with Crippen LogP contribution in [0.4, 0.5) is 0 Å². The molecule has 1 aliphatic heterocycles. The fraction of sp³-hybridized carbons (Fsp3) is 0.471. The van der Waals surface area contributed by atoms with Gasteiger partial charge in [-0.1, -0.05) is 37.3 Å². The van der Waals surface area contributed by atoms with Gasteiger partial charge in [0, 0.05) is 36.6 Å². The molecule has 1 N–H and O–H groups in total. The summed E-state index contributed by atoms with van der Waals surface area (Å²) in [5.41, 5.74) is 4.54. The Hall–Kier alpha value is -1.23. The van der Waals surface area contributed by atoms with Crippen molar-refractivity contribution in [2.75, 3.05) is 13.1 Å². The highest BCUT2D eigenvalue weighted by molar-refractivity contribution is 7.09. The third kappa shape index (κ3) is 3.34. The molecule has 2 aromatic rings. The first-order chi connectivity index (χ1) is 10.3. The molecule has 0 spiro atoms. The lowest BCUT2D eigenvalue weighted by Gasteiger charge is -2.40. The highest BCUT2D eigenvalue weighted by atomic mass is 32.1. The van der Waals surface area contributed by atoms with Crippen LogP contribution in [0, 0.1) is 6.92 Å². The fourth-order valence-corrected chi connectivity index (χ4v) is 3.80. The maximum absolute atomic E-state index is 4.40. The van der Waals surface area contributed by atoms with E-state index in [1.165, 1.54) is 22.6 Å². The Labute approximate surface area is 131 Å². The molecule has 2 heterocycles. The number of aromatic nitrogens is 1. The molecule has 3 rings (SSSR count). The monoisotopic (exact) mass is 301 g/mol. The average molecular weight is 301 g/mol. The lowest BCUT2D eigenvalue weighted by Crippen LogP contribution is -2.51. The van der Waals surface area contributed by atoms with Crippen LogP contribution in [-0.2, 0) is 6.54 Å². The van der Waals surface area contributed by atoms with Crippen molar-refractivity contribution < 1.29 is 0 Å². The van der Waals surface area contributed by atoms with Gasteiger partial charge in [-0.15, -0.1) is 11.3 Å². The lowest BCUT2D eigenvalue weighted by molar-refractivity contribution is 0.121. The molecule has 1 fully saturated rings. The summed E-state index contributed by atoms with van der Waals surface area (Å²) in [5.74, 6) is 0. The third-order valence-electron chi connectivity index (χ3n) is 4.36. The zero-order chi connectivity index (χ0) is 14.7. The first kappa shape index (κ1) is 14.7. The Balaban J connectivity index is 1.82. The quantitative estimate of drug-likeness (QED) is 0.938. The van der Waals surface area contributed by atoms with Crippen LogP contribution in [0.3, 0.4) is 0 Å². The molecule has 2 unspecified atom stereocenters. The maximum atomic E-state index is 4.40. The van der Waals surface area contributed by atoms with E-state index < -0.39 is 0 Å². The Kier molecular flexibility index (Phi) is 4.68. The van der Waals surface area contributed by atoms with Crippen LogP contribution in [0.2, 0.25) is 0 Å². The SMILES string of the molecule is CCC1CN(Cc2scnc2C)C(c2ccccc2)CN1. The number of hydrogen-bond donors (Lipinski definition) is 1. The summed E-state index contributed by atoms with van der Waals surface area (Å²) in [6.45, 7) is 7.52. The van der Waals surface area contributed by atoms with Gasteiger partial charge in [-0.3, -0.25) is 4.90 Å². The number of nitrogens with zero attached hydrogens (tertiary/aromatic N) is 2. The molecule has 0 saturated carbocycles. The molecule has 0 bridgehead atoms. The largest absolute Gasteiger partial charge is 0.311 e. The second-order valence-electron chi connectivity index (χ2n) is 5.73. The Morgan fingerprint density at radius 1 is 1.33 bits per heavy atom. The zero-order valence-corrected chi connectivity index (χ0v) is 13.6. The molecule has 4 heteroatoms. The molecule has 0 radical (unpaired) electrons. The van der Waals surface area contributed by atoms with Crippen LogP contribution >= 0.6 is 11.3 Å². The second-order valence-corrected chi connectivity index (χ2v) is 6.67. The Bertz CT molecular complexity index is 566. The van der Waals surface area contributed by atoms with Crippen molar-refractivity contribution in [1.29, 1.82) is 0 Å². The van der Waals surface area contributed by atoms with Crippen molar-refractivity contribution in [2.24, 2.45) is 0 Å². The molecule has 1 aromatic carbocycles. The lowest BCUT2D eigenvalue weighted by atomic mass is 10.00. The van der Waals surface area contributed by atoms with E-state index in [4.69, 9.17) is 0 Å². The third-order valence-corrected chi connectivity index (χ3v) is 5.28. The van der Waals surface area contributed by atoms with Crippen LogP contribution in [0.5, 0.6) is 0 Å². The minimum absolute atomic E-state index is 0.454. The van der Waals surface area contributed by atoms with Gasteiger partial charge < -0.3 is 5.32 Å². The molecular weight excluding hydrogens is 278 g/mol. The number of benzene rings is 1. The van der Waals surface area contributed by atoms with E-state index in [2.05, 4.69) is 59.4 Å². The van der Waals surface area contributed by atoms with Crippen LogP contribution in [0.1, 0.15) is 35.5 Å². The number of rotatable bonds is 4. The smallest absolute Gasteiger partial charge is 0.0798 e. The van der Waals surface area contributed by atoms with E-state index in [0.717, 1.165) is 19.6 Å². The molecule has 1 aromatic heterocycles. The highest BCUT2D eigenvalue weighted by Crippen LogP contribution is 2.27. The molecule has 0 amide bonds. The van der Waals surface area contributed by atoms with Gasteiger partial charge in [0.1, 0.15) is 0 Å². The number of hydrogen-bond acceptors (Lipinski definition) is 4. The van der Waals surface area contributed by atoms with Crippen molar-refractivity contribution in [2.45, 2.75) is 38.9 Å². The summed E-state index contributed by atoms with van der Waals surface area (Å²) in [5, 5.41) is 3.69. The summed E-state index contributed by atoms with van der Waals surface area (Å²) < 4.78 is 0. The fourth-order valence-electron chi connectivity index (χ4n) is 3.00. The van der Waals surface area contributed by atoms with Gasteiger partial charge >= 0.3 is 0 Å². The van der Waals surface area contributed by atoms with E-state index in [1.54, 1.807) is 11.3 Å².